The lowest BCUT2D eigenvalue weighted by atomic mass is 10.0. The number of rotatable bonds is 2. The van der Waals surface area contributed by atoms with Crippen molar-refractivity contribution in [2.45, 2.75) is 20.4 Å². The molecule has 1 aromatic carbocycles. The van der Waals surface area contributed by atoms with Gasteiger partial charge in [0.05, 0.1) is 6.54 Å². The largest absolute Gasteiger partial charge is 0.334 e. The van der Waals surface area contributed by atoms with Gasteiger partial charge in [-0.3, -0.25) is 0 Å². The second-order valence-electron chi connectivity index (χ2n) is 3.47. The zero-order chi connectivity index (χ0) is 10.8. The van der Waals surface area contributed by atoms with Gasteiger partial charge in [-0.2, -0.15) is 4.98 Å². The Kier molecular flexibility index (Phi) is 2.51. The van der Waals surface area contributed by atoms with Crippen molar-refractivity contribution in [2.75, 3.05) is 0 Å². The van der Waals surface area contributed by atoms with Crippen LogP contribution in [0.3, 0.4) is 0 Å². The first-order chi connectivity index (χ1) is 7.22. The third-order valence-corrected chi connectivity index (χ3v) is 2.49. The summed E-state index contributed by atoms with van der Waals surface area (Å²) in [6, 6.07) is 6.00. The molecule has 2 aromatic rings. The minimum Gasteiger partial charge on any atom is -0.334 e. The van der Waals surface area contributed by atoms with E-state index < -0.39 is 0 Å². The number of hydrogen-bond donors (Lipinski definition) is 1. The maximum Gasteiger partial charge on any atom is 0.258 e. The van der Waals surface area contributed by atoms with Crippen LogP contribution in [0.25, 0.3) is 11.5 Å². The van der Waals surface area contributed by atoms with Gasteiger partial charge in [-0.25, -0.2) is 0 Å². The van der Waals surface area contributed by atoms with Crippen molar-refractivity contribution >= 4 is 0 Å². The molecule has 2 N–H and O–H groups in total. The van der Waals surface area contributed by atoms with Crippen LogP contribution in [-0.2, 0) is 6.54 Å². The highest BCUT2D eigenvalue weighted by molar-refractivity contribution is 5.59. The number of nitrogens with two attached hydrogens (primary N) is 1. The minimum atomic E-state index is 0.300. The molecule has 1 heterocycles. The van der Waals surface area contributed by atoms with Crippen LogP contribution >= 0.6 is 0 Å². The molecular weight excluding hydrogens is 190 g/mol. The molecule has 4 nitrogen and oxygen atoms in total. The van der Waals surface area contributed by atoms with Gasteiger partial charge in [0.1, 0.15) is 0 Å². The maximum atomic E-state index is 5.42. The Hall–Kier alpha value is -1.68. The molecule has 0 bridgehead atoms. The smallest absolute Gasteiger partial charge is 0.258 e. The van der Waals surface area contributed by atoms with Gasteiger partial charge in [-0.1, -0.05) is 17.3 Å². The van der Waals surface area contributed by atoms with E-state index in [4.69, 9.17) is 10.3 Å². The molecule has 0 saturated heterocycles. The zero-order valence-corrected chi connectivity index (χ0v) is 8.82. The summed E-state index contributed by atoms with van der Waals surface area (Å²) in [5.41, 5.74) is 8.76. The fourth-order valence-corrected chi connectivity index (χ4v) is 1.43. The molecule has 0 atom stereocenters. The maximum absolute atomic E-state index is 5.42. The molecule has 78 valence electrons. The van der Waals surface area contributed by atoms with Crippen molar-refractivity contribution in [3.8, 4) is 11.5 Å². The summed E-state index contributed by atoms with van der Waals surface area (Å²) < 4.78 is 5.14. The summed E-state index contributed by atoms with van der Waals surface area (Å²) in [6.45, 7) is 4.39. The fourth-order valence-electron chi connectivity index (χ4n) is 1.43. The van der Waals surface area contributed by atoms with Gasteiger partial charge < -0.3 is 10.3 Å². The summed E-state index contributed by atoms with van der Waals surface area (Å²) in [5, 5.41) is 3.77. The summed E-state index contributed by atoms with van der Waals surface area (Å²) >= 11 is 0. The average molecular weight is 203 g/mol. The van der Waals surface area contributed by atoms with Crippen LogP contribution in [0, 0.1) is 13.8 Å². The standard InChI is InChI=1S/C11H13N3O/c1-7-4-3-5-9(8(7)2)11-13-10(6-12)14-15-11/h3-5H,6,12H2,1-2H3. The molecule has 0 amide bonds. The van der Waals surface area contributed by atoms with Crippen molar-refractivity contribution in [1.82, 2.24) is 10.1 Å². The predicted octanol–water partition coefficient (Wildman–Crippen LogP) is 1.81. The Balaban J connectivity index is 2.49. The summed E-state index contributed by atoms with van der Waals surface area (Å²) in [4.78, 5) is 4.20. The first kappa shape index (κ1) is 9.86. The van der Waals surface area contributed by atoms with E-state index in [2.05, 4.69) is 23.1 Å². The van der Waals surface area contributed by atoms with Crippen molar-refractivity contribution in [3.05, 3.63) is 35.2 Å². The lowest BCUT2D eigenvalue weighted by Gasteiger charge is -2.03. The molecule has 0 aliphatic carbocycles. The molecule has 1 aromatic heterocycles. The third kappa shape index (κ3) is 1.76. The molecule has 0 aliphatic rings. The fraction of sp³-hybridized carbons (Fsp3) is 0.273. The number of aromatic nitrogens is 2. The van der Waals surface area contributed by atoms with E-state index in [1.165, 1.54) is 5.56 Å². The van der Waals surface area contributed by atoms with Crippen molar-refractivity contribution in [2.24, 2.45) is 5.73 Å². The highest BCUT2D eigenvalue weighted by atomic mass is 16.5. The van der Waals surface area contributed by atoms with E-state index in [0.717, 1.165) is 11.1 Å². The van der Waals surface area contributed by atoms with Crippen molar-refractivity contribution < 1.29 is 4.52 Å². The van der Waals surface area contributed by atoms with Crippen molar-refractivity contribution in [3.63, 3.8) is 0 Å². The molecule has 0 unspecified atom stereocenters. The Morgan fingerprint density at radius 1 is 1.33 bits per heavy atom. The average Bonchev–Trinajstić information content (AvgIpc) is 2.70. The first-order valence-corrected chi connectivity index (χ1v) is 4.81. The number of hydrogen-bond acceptors (Lipinski definition) is 4. The molecule has 2 rings (SSSR count). The van der Waals surface area contributed by atoms with Gasteiger partial charge >= 0.3 is 0 Å². The highest BCUT2D eigenvalue weighted by Gasteiger charge is 2.10. The van der Waals surface area contributed by atoms with Crippen LogP contribution in [0.1, 0.15) is 17.0 Å². The molecule has 0 aliphatic heterocycles. The Morgan fingerprint density at radius 3 is 2.80 bits per heavy atom. The lowest BCUT2D eigenvalue weighted by Crippen LogP contribution is -1.98. The predicted molar refractivity (Wildman–Crippen MR) is 57.1 cm³/mol. The van der Waals surface area contributed by atoms with Crippen LogP contribution in [0.5, 0.6) is 0 Å². The SMILES string of the molecule is Cc1cccc(-c2nc(CN)no2)c1C. The Labute approximate surface area is 88.1 Å². The van der Waals surface area contributed by atoms with Crippen LogP contribution in [0.4, 0.5) is 0 Å². The van der Waals surface area contributed by atoms with Gasteiger partial charge in [0.25, 0.3) is 5.89 Å². The second kappa shape index (κ2) is 3.82. The third-order valence-electron chi connectivity index (χ3n) is 2.49. The minimum absolute atomic E-state index is 0.300. The van der Waals surface area contributed by atoms with Crippen LogP contribution in [0.15, 0.2) is 22.7 Å². The van der Waals surface area contributed by atoms with Gasteiger partial charge in [0, 0.05) is 5.56 Å². The molecule has 0 saturated carbocycles. The number of benzene rings is 1. The van der Waals surface area contributed by atoms with Crippen LogP contribution in [-0.4, -0.2) is 10.1 Å². The number of nitrogens with zero attached hydrogens (tertiary/aromatic N) is 2. The Morgan fingerprint density at radius 2 is 2.13 bits per heavy atom. The van der Waals surface area contributed by atoms with E-state index in [1.807, 2.05) is 19.1 Å². The number of aryl methyl sites for hydroxylation is 1. The van der Waals surface area contributed by atoms with Gasteiger partial charge in [0.15, 0.2) is 5.82 Å². The van der Waals surface area contributed by atoms with Gasteiger partial charge in [0.2, 0.25) is 0 Å². The Bertz CT molecular complexity index is 476. The van der Waals surface area contributed by atoms with E-state index in [9.17, 15) is 0 Å². The van der Waals surface area contributed by atoms with E-state index in [1.54, 1.807) is 0 Å². The van der Waals surface area contributed by atoms with E-state index in [0.29, 0.717) is 18.3 Å². The topological polar surface area (TPSA) is 64.9 Å². The summed E-state index contributed by atoms with van der Waals surface area (Å²) in [7, 11) is 0. The van der Waals surface area contributed by atoms with Gasteiger partial charge in [-0.15, -0.1) is 0 Å². The highest BCUT2D eigenvalue weighted by Crippen LogP contribution is 2.23. The molecule has 0 spiro atoms. The van der Waals surface area contributed by atoms with Crippen LogP contribution in [0.2, 0.25) is 0 Å². The lowest BCUT2D eigenvalue weighted by molar-refractivity contribution is 0.422. The van der Waals surface area contributed by atoms with E-state index in [-0.39, 0.29) is 0 Å². The molecule has 4 heteroatoms. The normalized spacial score (nSPS) is 10.6. The first-order valence-electron chi connectivity index (χ1n) is 4.81. The molecular formula is C11H13N3O. The summed E-state index contributed by atoms with van der Waals surface area (Å²) in [5.74, 6) is 1.07. The summed E-state index contributed by atoms with van der Waals surface area (Å²) in [6.07, 6.45) is 0. The molecule has 0 radical (unpaired) electrons. The quantitative estimate of drug-likeness (QED) is 0.808. The van der Waals surface area contributed by atoms with E-state index >= 15 is 0 Å². The zero-order valence-electron chi connectivity index (χ0n) is 8.82. The molecule has 15 heavy (non-hydrogen) atoms. The molecule has 0 fully saturated rings. The second-order valence-corrected chi connectivity index (χ2v) is 3.47. The monoisotopic (exact) mass is 203 g/mol. The van der Waals surface area contributed by atoms with Crippen LogP contribution < -0.4 is 5.73 Å². The van der Waals surface area contributed by atoms with Gasteiger partial charge in [-0.05, 0) is 31.0 Å². The van der Waals surface area contributed by atoms with Crippen molar-refractivity contribution in [1.29, 1.82) is 0 Å².